The number of amides is 3. The largest absolute Gasteiger partial charge is 0.341 e. The number of halogens is 1. The summed E-state index contributed by atoms with van der Waals surface area (Å²) in [4.78, 5) is 31.5. The molecule has 0 saturated carbocycles. The molecule has 138 valence electrons. The second-order valence-electron chi connectivity index (χ2n) is 6.69. The number of thiophene rings is 1. The summed E-state index contributed by atoms with van der Waals surface area (Å²) in [6, 6.07) is 3.57. The van der Waals surface area contributed by atoms with Crippen molar-refractivity contribution in [3.63, 3.8) is 0 Å². The van der Waals surface area contributed by atoms with Gasteiger partial charge in [-0.05, 0) is 25.0 Å². The highest BCUT2D eigenvalue weighted by Gasteiger charge is 2.44. The van der Waals surface area contributed by atoms with Gasteiger partial charge in [-0.3, -0.25) is 9.69 Å². The van der Waals surface area contributed by atoms with E-state index in [-0.39, 0.29) is 17.5 Å². The van der Waals surface area contributed by atoms with Crippen LogP contribution in [-0.2, 0) is 0 Å². The van der Waals surface area contributed by atoms with Crippen molar-refractivity contribution in [1.82, 2.24) is 20.0 Å². The van der Waals surface area contributed by atoms with E-state index >= 15 is 0 Å². The highest BCUT2D eigenvalue weighted by atomic mass is 35.5. The molecule has 0 unspecified atom stereocenters. The smallest absolute Gasteiger partial charge is 0.317 e. The maximum Gasteiger partial charge on any atom is 0.317 e. The Morgan fingerprint density at radius 2 is 1.92 bits per heavy atom. The van der Waals surface area contributed by atoms with Gasteiger partial charge in [0.25, 0.3) is 5.91 Å². The van der Waals surface area contributed by atoms with Crippen LogP contribution in [0.1, 0.15) is 29.4 Å². The number of nitrogens with zero attached hydrogens (tertiary/aromatic N) is 3. The van der Waals surface area contributed by atoms with Crippen LogP contribution in [0.15, 0.2) is 12.1 Å². The Hall–Kier alpha value is -1.31. The number of rotatable bonds is 3. The Kier molecular flexibility index (Phi) is 5.55. The molecule has 0 spiro atoms. The van der Waals surface area contributed by atoms with E-state index < -0.39 is 0 Å². The molecule has 0 radical (unpaired) electrons. The van der Waals surface area contributed by atoms with E-state index in [0.717, 1.165) is 52.1 Å². The molecule has 25 heavy (non-hydrogen) atoms. The van der Waals surface area contributed by atoms with Crippen LogP contribution in [0.25, 0.3) is 0 Å². The molecule has 0 aliphatic carbocycles. The number of hydrogen-bond donors (Lipinski definition) is 1. The van der Waals surface area contributed by atoms with Crippen LogP contribution in [0, 0.1) is 0 Å². The van der Waals surface area contributed by atoms with Gasteiger partial charge in [-0.1, -0.05) is 18.5 Å². The van der Waals surface area contributed by atoms with Crippen molar-refractivity contribution < 1.29 is 9.59 Å². The molecule has 3 rings (SSSR count). The Morgan fingerprint density at radius 1 is 1.20 bits per heavy atom. The molecule has 0 bridgehead atoms. The molecule has 1 aromatic heterocycles. The fourth-order valence-corrected chi connectivity index (χ4v) is 4.94. The molecule has 2 fully saturated rings. The third-order valence-electron chi connectivity index (χ3n) is 5.51. The monoisotopic (exact) mass is 384 g/mol. The second kappa shape index (κ2) is 7.51. The minimum Gasteiger partial charge on any atom is -0.341 e. The summed E-state index contributed by atoms with van der Waals surface area (Å²) in [5.74, 6) is 0.0699. The van der Waals surface area contributed by atoms with Gasteiger partial charge in [0.15, 0.2) is 0 Å². The van der Waals surface area contributed by atoms with Gasteiger partial charge in [-0.2, -0.15) is 0 Å². The van der Waals surface area contributed by atoms with Crippen LogP contribution < -0.4 is 5.32 Å². The first kappa shape index (κ1) is 18.5. The SMILES string of the molecule is CC[C@]1(N2CCN(C(=O)c3ccc(Cl)s3)CC2)CCN(C(=O)NC)C1. The zero-order valence-corrected chi connectivity index (χ0v) is 16.3. The van der Waals surface area contributed by atoms with E-state index in [1.54, 1.807) is 19.2 Å². The van der Waals surface area contributed by atoms with Gasteiger partial charge in [0, 0.05) is 51.9 Å². The molecule has 2 aliphatic heterocycles. The summed E-state index contributed by atoms with van der Waals surface area (Å²) in [6.07, 6.45) is 2.00. The summed E-state index contributed by atoms with van der Waals surface area (Å²) in [5.41, 5.74) is 0.0356. The quantitative estimate of drug-likeness (QED) is 0.870. The van der Waals surface area contributed by atoms with Crippen LogP contribution in [0.5, 0.6) is 0 Å². The lowest BCUT2D eigenvalue weighted by Crippen LogP contribution is -2.59. The van der Waals surface area contributed by atoms with E-state index in [0.29, 0.717) is 9.21 Å². The van der Waals surface area contributed by atoms with E-state index in [2.05, 4.69) is 17.1 Å². The summed E-state index contributed by atoms with van der Waals surface area (Å²) < 4.78 is 0.646. The normalized spacial score (nSPS) is 24.6. The van der Waals surface area contributed by atoms with E-state index in [9.17, 15) is 9.59 Å². The van der Waals surface area contributed by atoms with Crippen LogP contribution in [0.3, 0.4) is 0 Å². The molecule has 1 aromatic rings. The molecule has 1 atom stereocenters. The van der Waals surface area contributed by atoms with Crippen molar-refractivity contribution in [1.29, 1.82) is 0 Å². The Morgan fingerprint density at radius 3 is 2.48 bits per heavy atom. The summed E-state index contributed by atoms with van der Waals surface area (Å²) in [7, 11) is 1.68. The molecule has 0 aromatic carbocycles. The lowest BCUT2D eigenvalue weighted by atomic mass is 9.92. The first-order valence-corrected chi connectivity index (χ1v) is 9.95. The number of carbonyl (C=O) groups excluding carboxylic acids is 2. The highest BCUT2D eigenvalue weighted by Crippen LogP contribution is 2.32. The van der Waals surface area contributed by atoms with Crippen LogP contribution in [0.2, 0.25) is 4.34 Å². The van der Waals surface area contributed by atoms with Gasteiger partial charge in [0.1, 0.15) is 0 Å². The average molecular weight is 385 g/mol. The molecule has 1 N–H and O–H groups in total. The van der Waals surface area contributed by atoms with Crippen molar-refractivity contribution in [2.75, 3.05) is 46.3 Å². The van der Waals surface area contributed by atoms with Gasteiger partial charge in [0.2, 0.25) is 0 Å². The minimum atomic E-state index is -0.00119. The topological polar surface area (TPSA) is 55.9 Å². The molecule has 6 nitrogen and oxygen atoms in total. The molecular formula is C17H25ClN4O2S. The standard InChI is InChI=1S/C17H25ClN4O2S/c1-3-17(6-7-21(12-17)16(24)19-2)22-10-8-20(9-11-22)15(23)13-4-5-14(18)25-13/h4-5H,3,6-12H2,1-2H3,(H,19,24)/t17-/m0/s1. The summed E-state index contributed by atoms with van der Waals surface area (Å²) in [6.45, 7) is 6.88. The van der Waals surface area contributed by atoms with Crippen LogP contribution >= 0.6 is 22.9 Å². The molecule has 3 amide bonds. The third kappa shape index (κ3) is 3.64. The van der Waals surface area contributed by atoms with E-state index in [4.69, 9.17) is 11.6 Å². The van der Waals surface area contributed by atoms with E-state index in [1.165, 1.54) is 11.3 Å². The zero-order valence-electron chi connectivity index (χ0n) is 14.8. The van der Waals surface area contributed by atoms with Crippen molar-refractivity contribution in [2.45, 2.75) is 25.3 Å². The number of likely N-dealkylation sites (tertiary alicyclic amines) is 1. The lowest BCUT2D eigenvalue weighted by molar-refractivity contribution is 0.0304. The van der Waals surface area contributed by atoms with Gasteiger partial charge in [0.05, 0.1) is 9.21 Å². The molecule has 2 saturated heterocycles. The fourth-order valence-electron chi connectivity index (χ4n) is 3.93. The molecular weight excluding hydrogens is 360 g/mol. The molecule has 2 aliphatic rings. The van der Waals surface area contributed by atoms with E-state index in [1.807, 2.05) is 9.80 Å². The van der Waals surface area contributed by atoms with Crippen LogP contribution in [0.4, 0.5) is 4.79 Å². The van der Waals surface area contributed by atoms with Gasteiger partial charge < -0.3 is 15.1 Å². The number of piperazine rings is 1. The Bertz CT molecular complexity index is 644. The molecule has 3 heterocycles. The number of nitrogens with one attached hydrogen (secondary N) is 1. The van der Waals surface area contributed by atoms with Gasteiger partial charge in [-0.15, -0.1) is 11.3 Å². The number of hydrogen-bond acceptors (Lipinski definition) is 4. The fraction of sp³-hybridized carbons (Fsp3) is 0.647. The Labute approximate surface area is 157 Å². The maximum atomic E-state index is 12.6. The predicted octanol–water partition coefficient (Wildman–Crippen LogP) is 2.35. The van der Waals surface area contributed by atoms with Crippen molar-refractivity contribution in [3.8, 4) is 0 Å². The number of carbonyl (C=O) groups is 2. The second-order valence-corrected chi connectivity index (χ2v) is 8.40. The highest BCUT2D eigenvalue weighted by molar-refractivity contribution is 7.17. The van der Waals surface area contributed by atoms with Crippen molar-refractivity contribution in [2.24, 2.45) is 0 Å². The average Bonchev–Trinajstić information content (AvgIpc) is 3.28. The predicted molar refractivity (Wildman–Crippen MR) is 100 cm³/mol. The third-order valence-corrected chi connectivity index (χ3v) is 6.73. The first-order chi connectivity index (χ1) is 12.0. The lowest BCUT2D eigenvalue weighted by Gasteiger charge is -2.45. The summed E-state index contributed by atoms with van der Waals surface area (Å²) in [5, 5.41) is 2.72. The maximum absolute atomic E-state index is 12.6. The molecule has 8 heteroatoms. The van der Waals surface area contributed by atoms with Gasteiger partial charge >= 0.3 is 6.03 Å². The first-order valence-electron chi connectivity index (χ1n) is 8.75. The number of urea groups is 1. The van der Waals surface area contributed by atoms with Crippen molar-refractivity contribution >= 4 is 34.9 Å². The van der Waals surface area contributed by atoms with Crippen LogP contribution in [-0.4, -0.2) is 78.5 Å². The Balaban J connectivity index is 1.61. The van der Waals surface area contributed by atoms with Gasteiger partial charge in [-0.25, -0.2) is 4.79 Å². The summed E-state index contributed by atoms with van der Waals surface area (Å²) >= 11 is 7.28. The van der Waals surface area contributed by atoms with Crippen molar-refractivity contribution in [3.05, 3.63) is 21.3 Å². The minimum absolute atomic E-state index is 0.00119. The zero-order chi connectivity index (χ0) is 18.0.